The number of aliphatic hydroxyl groups excluding tert-OH is 1. The molecular weight excluding hydrogens is 224 g/mol. The first-order valence-corrected chi connectivity index (χ1v) is 7.41. The molecule has 0 aromatic heterocycles. The maximum atomic E-state index is 9.64. The third-order valence-corrected chi connectivity index (χ3v) is 2.97. The summed E-state index contributed by atoms with van der Waals surface area (Å²) in [5.74, 6) is 1.33. The molecule has 0 spiro atoms. The van der Waals surface area contributed by atoms with Crippen LogP contribution in [0.2, 0.25) is 0 Å². The van der Waals surface area contributed by atoms with Crippen molar-refractivity contribution in [2.24, 2.45) is 11.8 Å². The van der Waals surface area contributed by atoms with E-state index in [4.69, 9.17) is 0 Å². The first-order valence-electron chi connectivity index (χ1n) is 7.41. The lowest BCUT2D eigenvalue weighted by molar-refractivity contribution is 0.106. The SMILES string of the molecule is CCCNC(C)(CO)CN(CC(C)C)CC(C)C. The molecule has 0 aliphatic heterocycles. The molecule has 0 radical (unpaired) electrons. The van der Waals surface area contributed by atoms with Crippen LogP contribution in [0.3, 0.4) is 0 Å². The molecule has 1 unspecified atom stereocenters. The van der Waals surface area contributed by atoms with Gasteiger partial charge in [-0.15, -0.1) is 0 Å². The smallest absolute Gasteiger partial charge is 0.0623 e. The van der Waals surface area contributed by atoms with E-state index in [1.165, 1.54) is 0 Å². The summed E-state index contributed by atoms with van der Waals surface area (Å²) in [5.41, 5.74) is -0.181. The van der Waals surface area contributed by atoms with Gasteiger partial charge in [0.25, 0.3) is 0 Å². The van der Waals surface area contributed by atoms with E-state index in [0.717, 1.165) is 32.6 Å². The van der Waals surface area contributed by atoms with Gasteiger partial charge in [-0.1, -0.05) is 34.6 Å². The van der Waals surface area contributed by atoms with Crippen LogP contribution in [0.5, 0.6) is 0 Å². The average Bonchev–Trinajstić information content (AvgIpc) is 2.24. The van der Waals surface area contributed by atoms with Crippen LogP contribution >= 0.6 is 0 Å². The van der Waals surface area contributed by atoms with Crippen molar-refractivity contribution in [1.29, 1.82) is 0 Å². The first kappa shape index (κ1) is 17.9. The molecule has 3 nitrogen and oxygen atoms in total. The molecule has 0 aromatic carbocycles. The molecule has 1 atom stereocenters. The Labute approximate surface area is 114 Å². The van der Waals surface area contributed by atoms with Crippen LogP contribution in [-0.2, 0) is 0 Å². The molecule has 3 heteroatoms. The van der Waals surface area contributed by atoms with Crippen molar-refractivity contribution in [2.45, 2.75) is 53.5 Å². The zero-order valence-electron chi connectivity index (χ0n) is 13.3. The van der Waals surface area contributed by atoms with E-state index in [-0.39, 0.29) is 12.1 Å². The molecule has 0 aromatic rings. The minimum atomic E-state index is -0.181. The maximum Gasteiger partial charge on any atom is 0.0623 e. The van der Waals surface area contributed by atoms with Crippen LogP contribution in [0.25, 0.3) is 0 Å². The first-order chi connectivity index (χ1) is 8.33. The van der Waals surface area contributed by atoms with E-state index in [1.807, 2.05) is 0 Å². The van der Waals surface area contributed by atoms with Crippen molar-refractivity contribution in [3.8, 4) is 0 Å². The van der Waals surface area contributed by atoms with Crippen molar-refractivity contribution in [3.63, 3.8) is 0 Å². The summed E-state index contributed by atoms with van der Waals surface area (Å²) in [7, 11) is 0. The molecule has 0 saturated heterocycles. The Morgan fingerprint density at radius 1 is 1.11 bits per heavy atom. The van der Waals surface area contributed by atoms with E-state index in [2.05, 4.69) is 51.8 Å². The van der Waals surface area contributed by atoms with Crippen molar-refractivity contribution < 1.29 is 5.11 Å². The quantitative estimate of drug-likeness (QED) is 0.631. The number of hydrogen-bond acceptors (Lipinski definition) is 3. The molecule has 0 saturated carbocycles. The normalized spacial score (nSPS) is 15.7. The highest BCUT2D eigenvalue weighted by molar-refractivity contribution is 4.86. The summed E-state index contributed by atoms with van der Waals surface area (Å²) in [6.07, 6.45) is 1.10. The lowest BCUT2D eigenvalue weighted by Gasteiger charge is -2.36. The molecule has 0 amide bonds. The summed E-state index contributed by atoms with van der Waals surface area (Å²) in [6.45, 7) is 17.6. The van der Waals surface area contributed by atoms with Crippen LogP contribution in [0.15, 0.2) is 0 Å². The lowest BCUT2D eigenvalue weighted by atomic mass is 10.0. The third kappa shape index (κ3) is 8.06. The highest BCUT2D eigenvalue weighted by Crippen LogP contribution is 2.11. The van der Waals surface area contributed by atoms with Crippen molar-refractivity contribution in [3.05, 3.63) is 0 Å². The van der Waals surface area contributed by atoms with Gasteiger partial charge in [0.1, 0.15) is 0 Å². The number of rotatable bonds is 10. The number of nitrogens with one attached hydrogen (secondary N) is 1. The molecule has 0 bridgehead atoms. The van der Waals surface area contributed by atoms with E-state index < -0.39 is 0 Å². The second kappa shape index (κ2) is 8.89. The molecule has 0 aliphatic rings. The van der Waals surface area contributed by atoms with Crippen molar-refractivity contribution in [1.82, 2.24) is 10.2 Å². The Balaban J connectivity index is 4.48. The number of hydrogen-bond donors (Lipinski definition) is 2. The summed E-state index contributed by atoms with van der Waals surface area (Å²) < 4.78 is 0. The summed E-state index contributed by atoms with van der Waals surface area (Å²) in [4.78, 5) is 2.48. The minimum Gasteiger partial charge on any atom is -0.394 e. The summed E-state index contributed by atoms with van der Waals surface area (Å²) >= 11 is 0. The van der Waals surface area contributed by atoms with Gasteiger partial charge >= 0.3 is 0 Å². The molecule has 0 heterocycles. The Bertz CT molecular complexity index is 197. The van der Waals surface area contributed by atoms with Crippen molar-refractivity contribution in [2.75, 3.05) is 32.8 Å². The fourth-order valence-electron chi connectivity index (χ4n) is 2.32. The van der Waals surface area contributed by atoms with Gasteiger partial charge in [-0.2, -0.15) is 0 Å². The highest BCUT2D eigenvalue weighted by Gasteiger charge is 2.26. The highest BCUT2D eigenvalue weighted by atomic mass is 16.3. The topological polar surface area (TPSA) is 35.5 Å². The van der Waals surface area contributed by atoms with Gasteiger partial charge in [0.2, 0.25) is 0 Å². The molecule has 0 aliphatic carbocycles. The Morgan fingerprint density at radius 3 is 1.94 bits per heavy atom. The Morgan fingerprint density at radius 2 is 1.61 bits per heavy atom. The third-order valence-electron chi connectivity index (χ3n) is 2.97. The zero-order chi connectivity index (χ0) is 14.2. The average molecular weight is 258 g/mol. The minimum absolute atomic E-state index is 0.181. The predicted molar refractivity (Wildman–Crippen MR) is 79.9 cm³/mol. The van der Waals surface area contributed by atoms with Gasteiger partial charge in [0, 0.05) is 19.6 Å². The van der Waals surface area contributed by atoms with Crippen LogP contribution in [0.1, 0.15) is 48.0 Å². The standard InChI is InChI=1S/C15H34N2O/c1-7-8-16-15(6,12-18)11-17(9-13(2)3)10-14(4)5/h13-14,16,18H,7-12H2,1-6H3. The fourth-order valence-corrected chi connectivity index (χ4v) is 2.32. The monoisotopic (exact) mass is 258 g/mol. The lowest BCUT2D eigenvalue weighted by Crippen LogP contribution is -2.55. The number of aliphatic hydroxyl groups is 1. The second-order valence-corrected chi connectivity index (χ2v) is 6.63. The Kier molecular flexibility index (Phi) is 8.83. The van der Waals surface area contributed by atoms with Gasteiger partial charge in [0.05, 0.1) is 12.1 Å². The molecule has 18 heavy (non-hydrogen) atoms. The van der Waals surface area contributed by atoms with Crippen LogP contribution < -0.4 is 5.32 Å². The Hall–Kier alpha value is -0.120. The molecular formula is C15H34N2O. The second-order valence-electron chi connectivity index (χ2n) is 6.63. The van der Waals surface area contributed by atoms with Gasteiger partial charge in [-0.05, 0) is 31.7 Å². The number of nitrogens with zero attached hydrogens (tertiary/aromatic N) is 1. The van der Waals surface area contributed by atoms with Crippen LogP contribution in [0.4, 0.5) is 0 Å². The molecule has 0 rings (SSSR count). The van der Waals surface area contributed by atoms with E-state index in [9.17, 15) is 5.11 Å². The molecule has 2 N–H and O–H groups in total. The zero-order valence-corrected chi connectivity index (χ0v) is 13.3. The van der Waals surface area contributed by atoms with Gasteiger partial charge in [0.15, 0.2) is 0 Å². The molecule has 0 fully saturated rings. The van der Waals surface area contributed by atoms with Gasteiger partial charge in [-0.25, -0.2) is 0 Å². The fraction of sp³-hybridized carbons (Fsp3) is 1.00. The summed E-state index contributed by atoms with van der Waals surface area (Å²) in [6, 6.07) is 0. The summed E-state index contributed by atoms with van der Waals surface area (Å²) in [5, 5.41) is 13.1. The maximum absolute atomic E-state index is 9.64. The molecule has 110 valence electrons. The largest absolute Gasteiger partial charge is 0.394 e. The van der Waals surface area contributed by atoms with Crippen LogP contribution in [-0.4, -0.2) is 48.3 Å². The van der Waals surface area contributed by atoms with Crippen molar-refractivity contribution >= 4 is 0 Å². The van der Waals surface area contributed by atoms with Gasteiger partial charge in [-0.3, -0.25) is 0 Å². The van der Waals surface area contributed by atoms with Crippen LogP contribution in [0, 0.1) is 11.8 Å². The van der Waals surface area contributed by atoms with E-state index in [1.54, 1.807) is 0 Å². The van der Waals surface area contributed by atoms with Gasteiger partial charge < -0.3 is 15.3 Å². The van der Waals surface area contributed by atoms with E-state index >= 15 is 0 Å². The van der Waals surface area contributed by atoms with E-state index in [0.29, 0.717) is 11.8 Å². The predicted octanol–water partition coefficient (Wildman–Crippen LogP) is 2.35.